The standard InChI is InChI=1S/C7H9N.C4H9N/c8-6-7-4-2-1-3-5-7;1-4-5(2)3/h1-5H,6,8H2;4H,1H2,2-3H3. The monoisotopic (exact) mass is 178 g/mol. The van der Waals surface area contributed by atoms with Gasteiger partial charge >= 0.3 is 0 Å². The molecule has 0 aliphatic carbocycles. The van der Waals surface area contributed by atoms with Gasteiger partial charge in [0.1, 0.15) is 0 Å². The van der Waals surface area contributed by atoms with Gasteiger partial charge in [0.05, 0.1) is 0 Å². The third kappa shape index (κ3) is 7.09. The van der Waals surface area contributed by atoms with Crippen LogP contribution in [0.2, 0.25) is 0 Å². The molecule has 72 valence electrons. The Morgan fingerprint density at radius 1 is 1.31 bits per heavy atom. The van der Waals surface area contributed by atoms with Gasteiger partial charge in [0.2, 0.25) is 0 Å². The van der Waals surface area contributed by atoms with Crippen LogP contribution in [0.25, 0.3) is 0 Å². The Labute approximate surface area is 80.7 Å². The van der Waals surface area contributed by atoms with Gasteiger partial charge in [-0.1, -0.05) is 36.9 Å². The molecule has 2 heteroatoms. The van der Waals surface area contributed by atoms with Crippen LogP contribution < -0.4 is 5.73 Å². The molecule has 2 N–H and O–H groups in total. The molecular weight excluding hydrogens is 160 g/mol. The van der Waals surface area contributed by atoms with E-state index in [2.05, 4.69) is 6.58 Å². The fourth-order valence-corrected chi connectivity index (χ4v) is 0.614. The molecule has 2 nitrogen and oxygen atoms in total. The van der Waals surface area contributed by atoms with Crippen molar-refractivity contribution in [3.8, 4) is 0 Å². The van der Waals surface area contributed by atoms with Gasteiger partial charge < -0.3 is 10.6 Å². The summed E-state index contributed by atoms with van der Waals surface area (Å²) < 4.78 is 0. The molecule has 0 aliphatic rings. The van der Waals surface area contributed by atoms with Crippen LogP contribution >= 0.6 is 0 Å². The predicted molar refractivity (Wildman–Crippen MR) is 58.2 cm³/mol. The number of nitrogens with two attached hydrogens (primary N) is 1. The van der Waals surface area contributed by atoms with Gasteiger partial charge in [0.25, 0.3) is 0 Å². The molecule has 13 heavy (non-hydrogen) atoms. The molecule has 0 aromatic heterocycles. The van der Waals surface area contributed by atoms with E-state index in [1.54, 1.807) is 6.20 Å². The summed E-state index contributed by atoms with van der Waals surface area (Å²) in [5.41, 5.74) is 6.54. The molecule has 1 aromatic rings. The highest BCUT2D eigenvalue weighted by Gasteiger charge is 1.80. The van der Waals surface area contributed by atoms with Crippen molar-refractivity contribution in [3.05, 3.63) is 48.7 Å². The zero-order chi connectivity index (χ0) is 10.1. The minimum atomic E-state index is 0.640. The van der Waals surface area contributed by atoms with Crippen molar-refractivity contribution in [2.75, 3.05) is 14.1 Å². The molecule has 0 saturated heterocycles. The van der Waals surface area contributed by atoms with Crippen LogP contribution in [0.5, 0.6) is 0 Å². The first kappa shape index (κ1) is 11.7. The Bertz CT molecular complexity index is 217. The maximum absolute atomic E-state index is 5.35. The molecule has 0 bridgehead atoms. The van der Waals surface area contributed by atoms with E-state index in [0.717, 1.165) is 0 Å². The van der Waals surface area contributed by atoms with Crippen molar-refractivity contribution in [3.63, 3.8) is 0 Å². The second-order valence-corrected chi connectivity index (χ2v) is 2.84. The molecule has 0 fully saturated rings. The highest BCUT2D eigenvalue weighted by molar-refractivity contribution is 5.13. The molecule has 0 radical (unpaired) electrons. The maximum atomic E-state index is 5.35. The average molecular weight is 178 g/mol. The highest BCUT2D eigenvalue weighted by atomic mass is 15.0. The van der Waals surface area contributed by atoms with Crippen LogP contribution in [-0.2, 0) is 6.54 Å². The topological polar surface area (TPSA) is 29.3 Å². The van der Waals surface area contributed by atoms with Crippen LogP contribution in [0.4, 0.5) is 0 Å². The Balaban J connectivity index is 0.000000252. The summed E-state index contributed by atoms with van der Waals surface area (Å²) in [6.45, 7) is 4.13. The Kier molecular flexibility index (Phi) is 6.65. The fraction of sp³-hybridized carbons (Fsp3) is 0.273. The van der Waals surface area contributed by atoms with Crippen molar-refractivity contribution in [2.45, 2.75) is 6.54 Å². The van der Waals surface area contributed by atoms with Crippen LogP contribution in [0.1, 0.15) is 5.56 Å². The smallest absolute Gasteiger partial charge is 0.0178 e. The van der Waals surface area contributed by atoms with E-state index < -0.39 is 0 Å². The minimum Gasteiger partial charge on any atom is -0.384 e. The maximum Gasteiger partial charge on any atom is 0.0178 e. The first-order valence-corrected chi connectivity index (χ1v) is 4.23. The molecule has 0 spiro atoms. The quantitative estimate of drug-likeness (QED) is 0.748. The lowest BCUT2D eigenvalue weighted by Gasteiger charge is -1.98. The third-order valence-electron chi connectivity index (χ3n) is 1.44. The van der Waals surface area contributed by atoms with E-state index in [9.17, 15) is 0 Å². The van der Waals surface area contributed by atoms with Crippen molar-refractivity contribution >= 4 is 0 Å². The van der Waals surface area contributed by atoms with E-state index in [4.69, 9.17) is 5.73 Å². The fourth-order valence-electron chi connectivity index (χ4n) is 0.614. The van der Waals surface area contributed by atoms with Gasteiger partial charge in [-0.15, -0.1) is 0 Å². The van der Waals surface area contributed by atoms with Crippen LogP contribution in [-0.4, -0.2) is 19.0 Å². The molecule has 1 aromatic carbocycles. The van der Waals surface area contributed by atoms with Crippen molar-refractivity contribution in [2.24, 2.45) is 5.73 Å². The molecule has 1 rings (SSSR count). The van der Waals surface area contributed by atoms with Crippen molar-refractivity contribution < 1.29 is 0 Å². The van der Waals surface area contributed by atoms with E-state index in [1.807, 2.05) is 49.3 Å². The summed E-state index contributed by atoms with van der Waals surface area (Å²) in [5.74, 6) is 0. The van der Waals surface area contributed by atoms with Gasteiger partial charge in [-0.3, -0.25) is 0 Å². The summed E-state index contributed by atoms with van der Waals surface area (Å²) in [6.07, 6.45) is 1.75. The summed E-state index contributed by atoms with van der Waals surface area (Å²) >= 11 is 0. The molecule has 0 aliphatic heterocycles. The second-order valence-electron chi connectivity index (χ2n) is 2.84. The molecule has 0 saturated carbocycles. The lowest BCUT2D eigenvalue weighted by atomic mass is 10.2. The first-order chi connectivity index (χ1) is 6.20. The summed E-state index contributed by atoms with van der Waals surface area (Å²) in [7, 11) is 3.88. The van der Waals surface area contributed by atoms with Crippen LogP contribution in [0.3, 0.4) is 0 Å². The van der Waals surface area contributed by atoms with Gasteiger partial charge in [0, 0.05) is 20.6 Å². The number of hydrogen-bond donors (Lipinski definition) is 1. The lowest BCUT2D eigenvalue weighted by molar-refractivity contribution is 0.566. The summed E-state index contributed by atoms with van der Waals surface area (Å²) in [5, 5.41) is 0. The van der Waals surface area contributed by atoms with Gasteiger partial charge in [-0.25, -0.2) is 0 Å². The Hall–Kier alpha value is -1.28. The third-order valence-corrected chi connectivity index (χ3v) is 1.44. The zero-order valence-corrected chi connectivity index (χ0v) is 8.40. The van der Waals surface area contributed by atoms with E-state index >= 15 is 0 Å². The second kappa shape index (κ2) is 7.37. The van der Waals surface area contributed by atoms with E-state index in [0.29, 0.717) is 6.54 Å². The first-order valence-electron chi connectivity index (χ1n) is 4.23. The molecule has 0 heterocycles. The molecular formula is C11H18N2. The molecule has 0 amide bonds. The molecule has 0 atom stereocenters. The summed E-state index contributed by atoms with van der Waals surface area (Å²) in [6, 6.07) is 9.99. The van der Waals surface area contributed by atoms with Crippen molar-refractivity contribution in [1.29, 1.82) is 0 Å². The lowest BCUT2D eigenvalue weighted by Crippen LogP contribution is -1.97. The number of hydrogen-bond acceptors (Lipinski definition) is 2. The average Bonchev–Trinajstić information content (AvgIpc) is 2.20. The van der Waals surface area contributed by atoms with Gasteiger partial charge in [0.15, 0.2) is 0 Å². The number of benzene rings is 1. The summed E-state index contributed by atoms with van der Waals surface area (Å²) in [4.78, 5) is 1.89. The SMILES string of the molecule is C=CN(C)C.NCc1ccccc1. The number of rotatable bonds is 2. The Morgan fingerprint density at radius 3 is 2.00 bits per heavy atom. The minimum absolute atomic E-state index is 0.640. The normalized spacial score (nSPS) is 8.23. The van der Waals surface area contributed by atoms with Crippen molar-refractivity contribution in [1.82, 2.24) is 4.90 Å². The van der Waals surface area contributed by atoms with E-state index in [1.165, 1.54) is 5.56 Å². The molecule has 0 unspecified atom stereocenters. The van der Waals surface area contributed by atoms with Gasteiger partial charge in [-0.05, 0) is 11.8 Å². The zero-order valence-electron chi connectivity index (χ0n) is 8.40. The van der Waals surface area contributed by atoms with Crippen LogP contribution in [0.15, 0.2) is 43.1 Å². The predicted octanol–water partition coefficient (Wildman–Crippen LogP) is 1.84. The Morgan fingerprint density at radius 2 is 1.77 bits per heavy atom. The highest BCUT2D eigenvalue weighted by Crippen LogP contribution is 1.94. The largest absolute Gasteiger partial charge is 0.384 e. The number of nitrogens with zero attached hydrogens (tertiary/aromatic N) is 1. The van der Waals surface area contributed by atoms with Crippen LogP contribution in [0, 0.1) is 0 Å². The van der Waals surface area contributed by atoms with Gasteiger partial charge in [-0.2, -0.15) is 0 Å². The van der Waals surface area contributed by atoms with E-state index in [-0.39, 0.29) is 0 Å².